The van der Waals surface area contributed by atoms with E-state index in [-0.39, 0.29) is 29.3 Å². The number of aliphatic hydroxyl groups excluding tert-OH is 1. The van der Waals surface area contributed by atoms with Crippen molar-refractivity contribution in [1.82, 2.24) is 9.46 Å². The summed E-state index contributed by atoms with van der Waals surface area (Å²) in [5.74, 6) is -0.186. The molecule has 0 radical (unpaired) electrons. The van der Waals surface area contributed by atoms with Crippen LogP contribution in [0.1, 0.15) is 29.5 Å². The Labute approximate surface area is 133 Å². The maximum Gasteiger partial charge on any atom is 0.249 e. The quantitative estimate of drug-likeness (QED) is 0.923. The molecule has 2 atom stereocenters. The van der Waals surface area contributed by atoms with E-state index in [9.17, 15) is 17.9 Å². The lowest BCUT2D eigenvalue weighted by molar-refractivity contribution is 0.188. The van der Waals surface area contributed by atoms with Gasteiger partial charge in [0.05, 0.1) is 12.1 Å². The van der Waals surface area contributed by atoms with Gasteiger partial charge in [-0.3, -0.25) is 0 Å². The maximum absolute atomic E-state index is 13.1. The van der Waals surface area contributed by atoms with Crippen LogP contribution in [0, 0.1) is 19.7 Å². The van der Waals surface area contributed by atoms with Gasteiger partial charge in [0.15, 0.2) is 5.76 Å². The van der Waals surface area contributed by atoms with E-state index in [0.717, 1.165) is 0 Å². The summed E-state index contributed by atoms with van der Waals surface area (Å²) in [6.07, 6.45) is -0.519. The fourth-order valence-electron chi connectivity index (χ4n) is 3.00. The summed E-state index contributed by atoms with van der Waals surface area (Å²) in [4.78, 5) is 0.0266. The Morgan fingerprint density at radius 1 is 1.30 bits per heavy atom. The Morgan fingerprint density at radius 2 is 1.96 bits per heavy atom. The predicted octanol–water partition coefficient (Wildman–Crippen LogP) is 1.93. The van der Waals surface area contributed by atoms with Crippen LogP contribution in [0.2, 0.25) is 0 Å². The zero-order valence-corrected chi connectivity index (χ0v) is 13.5. The highest BCUT2D eigenvalue weighted by molar-refractivity contribution is 7.89. The molecule has 1 aliphatic heterocycles. The van der Waals surface area contributed by atoms with Gasteiger partial charge >= 0.3 is 0 Å². The van der Waals surface area contributed by atoms with Crippen molar-refractivity contribution in [2.24, 2.45) is 0 Å². The molecule has 2 heterocycles. The number of rotatable bonds is 3. The van der Waals surface area contributed by atoms with E-state index in [0.29, 0.717) is 5.56 Å². The molecule has 6 nitrogen and oxygen atoms in total. The summed E-state index contributed by atoms with van der Waals surface area (Å²) in [5, 5.41) is 13.7. The summed E-state index contributed by atoms with van der Waals surface area (Å²) in [6.45, 7) is 3.07. The van der Waals surface area contributed by atoms with Crippen LogP contribution >= 0.6 is 0 Å². The minimum atomic E-state index is -3.87. The first-order valence-corrected chi connectivity index (χ1v) is 8.63. The first kappa shape index (κ1) is 16.1. The number of aliphatic hydroxyl groups is 1. The standard InChI is InChI=1S/C15H17FN2O4S/c1-9-15(10(2)22-17-9)23(20,21)18-8-13(19)7-14(18)11-3-5-12(16)6-4-11/h3-6,13-14,19H,7-8H2,1-2H3/t13-,14-/m0/s1. The number of benzene rings is 1. The van der Waals surface area contributed by atoms with E-state index in [2.05, 4.69) is 5.16 Å². The molecular weight excluding hydrogens is 323 g/mol. The molecule has 23 heavy (non-hydrogen) atoms. The van der Waals surface area contributed by atoms with Gasteiger partial charge in [0.1, 0.15) is 16.4 Å². The maximum atomic E-state index is 13.1. The van der Waals surface area contributed by atoms with Crippen LogP contribution in [-0.2, 0) is 10.0 Å². The van der Waals surface area contributed by atoms with Gasteiger partial charge in [0.2, 0.25) is 10.0 Å². The van der Waals surface area contributed by atoms with Gasteiger partial charge in [-0.05, 0) is 38.0 Å². The van der Waals surface area contributed by atoms with E-state index in [1.807, 2.05) is 0 Å². The number of β-amino-alcohol motifs (C(OH)–C–C–N with tert-alkyl or cyclic N) is 1. The average Bonchev–Trinajstić information content (AvgIpc) is 3.03. The lowest BCUT2D eigenvalue weighted by atomic mass is 10.0. The summed E-state index contributed by atoms with van der Waals surface area (Å²) in [5.41, 5.74) is 0.917. The van der Waals surface area contributed by atoms with Crippen molar-refractivity contribution in [3.8, 4) is 0 Å². The van der Waals surface area contributed by atoms with Crippen LogP contribution in [0.15, 0.2) is 33.7 Å². The fourth-order valence-corrected chi connectivity index (χ4v) is 4.95. The zero-order valence-electron chi connectivity index (χ0n) is 12.7. The Balaban J connectivity index is 2.04. The number of aryl methyl sites for hydroxylation is 2. The van der Waals surface area contributed by atoms with E-state index in [1.165, 1.54) is 35.5 Å². The van der Waals surface area contributed by atoms with Crippen molar-refractivity contribution in [2.45, 2.75) is 37.3 Å². The highest BCUT2D eigenvalue weighted by Crippen LogP contribution is 2.38. The van der Waals surface area contributed by atoms with Crippen LogP contribution in [0.5, 0.6) is 0 Å². The molecule has 124 valence electrons. The van der Waals surface area contributed by atoms with Crippen molar-refractivity contribution < 1.29 is 22.4 Å². The van der Waals surface area contributed by atoms with Gasteiger partial charge in [0.25, 0.3) is 0 Å². The van der Waals surface area contributed by atoms with Gasteiger partial charge in [-0.2, -0.15) is 4.31 Å². The third-order valence-electron chi connectivity index (χ3n) is 4.02. The Morgan fingerprint density at radius 3 is 2.52 bits per heavy atom. The topological polar surface area (TPSA) is 83.6 Å². The van der Waals surface area contributed by atoms with E-state index >= 15 is 0 Å². The third kappa shape index (κ3) is 2.77. The highest BCUT2D eigenvalue weighted by Gasteiger charge is 2.42. The Kier molecular flexibility index (Phi) is 3.99. The molecule has 0 spiro atoms. The largest absolute Gasteiger partial charge is 0.392 e. The van der Waals surface area contributed by atoms with E-state index in [4.69, 9.17) is 4.52 Å². The van der Waals surface area contributed by atoms with Gasteiger partial charge in [0, 0.05) is 6.54 Å². The monoisotopic (exact) mass is 340 g/mol. The van der Waals surface area contributed by atoms with Crippen LogP contribution in [-0.4, -0.2) is 35.6 Å². The Bertz CT molecular complexity index is 797. The molecule has 1 saturated heterocycles. The summed E-state index contributed by atoms with van der Waals surface area (Å²) < 4.78 is 45.2. The second-order valence-corrected chi connectivity index (χ2v) is 7.51. The van der Waals surface area contributed by atoms with Crippen molar-refractivity contribution in [1.29, 1.82) is 0 Å². The number of aromatic nitrogens is 1. The SMILES string of the molecule is Cc1noc(C)c1S(=O)(=O)N1C[C@@H](O)C[C@H]1c1ccc(F)cc1. The number of halogens is 1. The average molecular weight is 340 g/mol. The first-order chi connectivity index (χ1) is 10.8. The van der Waals surface area contributed by atoms with Gasteiger partial charge in [-0.1, -0.05) is 17.3 Å². The molecule has 0 amide bonds. The Hall–Kier alpha value is -1.77. The van der Waals surface area contributed by atoms with Gasteiger partial charge < -0.3 is 9.63 Å². The van der Waals surface area contributed by atoms with Crippen LogP contribution in [0.25, 0.3) is 0 Å². The number of hydrogen-bond donors (Lipinski definition) is 1. The van der Waals surface area contributed by atoms with E-state index < -0.39 is 28.0 Å². The summed E-state index contributed by atoms with van der Waals surface area (Å²) in [7, 11) is -3.87. The molecular formula is C15H17FN2O4S. The fraction of sp³-hybridized carbons (Fsp3) is 0.400. The smallest absolute Gasteiger partial charge is 0.249 e. The molecule has 1 aliphatic rings. The molecule has 0 saturated carbocycles. The molecule has 3 rings (SSSR count). The minimum absolute atomic E-state index is 0.0194. The molecule has 8 heteroatoms. The van der Waals surface area contributed by atoms with E-state index in [1.54, 1.807) is 6.92 Å². The molecule has 0 aliphatic carbocycles. The molecule has 0 unspecified atom stereocenters. The number of sulfonamides is 1. The molecule has 1 fully saturated rings. The molecule has 1 N–H and O–H groups in total. The molecule has 2 aromatic rings. The van der Waals surface area contributed by atoms with Crippen molar-refractivity contribution in [3.05, 3.63) is 47.1 Å². The lowest BCUT2D eigenvalue weighted by Crippen LogP contribution is -2.32. The number of nitrogens with zero attached hydrogens (tertiary/aromatic N) is 2. The zero-order chi connectivity index (χ0) is 16.8. The second-order valence-electron chi connectivity index (χ2n) is 5.68. The lowest BCUT2D eigenvalue weighted by Gasteiger charge is -2.23. The van der Waals surface area contributed by atoms with Crippen molar-refractivity contribution >= 4 is 10.0 Å². The minimum Gasteiger partial charge on any atom is -0.392 e. The molecule has 0 bridgehead atoms. The predicted molar refractivity (Wildman–Crippen MR) is 79.6 cm³/mol. The molecule has 1 aromatic carbocycles. The van der Waals surface area contributed by atoms with Crippen molar-refractivity contribution in [2.75, 3.05) is 6.54 Å². The summed E-state index contributed by atoms with van der Waals surface area (Å²) >= 11 is 0. The van der Waals surface area contributed by atoms with Crippen LogP contribution in [0.3, 0.4) is 0 Å². The van der Waals surface area contributed by atoms with Gasteiger partial charge in [-0.25, -0.2) is 12.8 Å². The second kappa shape index (κ2) is 5.70. The third-order valence-corrected chi connectivity index (χ3v) is 6.14. The highest BCUT2D eigenvalue weighted by atomic mass is 32.2. The molecule has 1 aromatic heterocycles. The summed E-state index contributed by atoms with van der Waals surface area (Å²) in [6, 6.07) is 5.08. The van der Waals surface area contributed by atoms with Crippen molar-refractivity contribution in [3.63, 3.8) is 0 Å². The van der Waals surface area contributed by atoms with Gasteiger partial charge in [-0.15, -0.1) is 0 Å². The number of hydrogen-bond acceptors (Lipinski definition) is 5. The first-order valence-electron chi connectivity index (χ1n) is 7.19. The normalized spacial score (nSPS) is 22.6. The van der Waals surface area contributed by atoms with Crippen LogP contribution in [0.4, 0.5) is 4.39 Å². The van der Waals surface area contributed by atoms with Crippen LogP contribution < -0.4 is 0 Å².